The third-order valence-electron chi connectivity index (χ3n) is 5.72. The van der Waals surface area contributed by atoms with E-state index in [-0.39, 0.29) is 0 Å². The highest BCUT2D eigenvalue weighted by Gasteiger charge is 2.35. The summed E-state index contributed by atoms with van der Waals surface area (Å²) in [4.78, 5) is 2.65. The van der Waals surface area contributed by atoms with E-state index in [1.54, 1.807) is 0 Å². The molecule has 2 saturated heterocycles. The first-order valence-corrected chi connectivity index (χ1v) is 8.31. The van der Waals surface area contributed by atoms with Crippen molar-refractivity contribution in [2.75, 3.05) is 19.6 Å². The zero-order chi connectivity index (χ0) is 12.4. The quantitative estimate of drug-likeness (QED) is 0.775. The maximum Gasteiger partial charge on any atom is 0.0123 e. The van der Waals surface area contributed by atoms with Crippen molar-refractivity contribution in [1.29, 1.82) is 0 Å². The Balaban J connectivity index is 1.51. The normalized spacial score (nSPS) is 39.5. The van der Waals surface area contributed by atoms with Gasteiger partial charge in [0.2, 0.25) is 0 Å². The standard InChI is InChI=1S/C16H30N2/c1-13(14-6-4-2-3-5-7-14)17-16-9-11-18-10-8-15(16)12-18/h13-17H,2-12H2,1H3/t13-,15?,16?/m1/s1. The molecule has 3 unspecified atom stereocenters. The molecule has 3 aliphatic rings. The summed E-state index contributed by atoms with van der Waals surface area (Å²) in [6, 6.07) is 1.57. The molecule has 0 aromatic heterocycles. The lowest BCUT2D eigenvalue weighted by atomic mass is 9.89. The Labute approximate surface area is 113 Å². The van der Waals surface area contributed by atoms with Gasteiger partial charge in [0.15, 0.2) is 0 Å². The van der Waals surface area contributed by atoms with Crippen LogP contribution in [0.25, 0.3) is 0 Å². The van der Waals surface area contributed by atoms with Gasteiger partial charge < -0.3 is 10.2 Å². The molecule has 0 amide bonds. The van der Waals surface area contributed by atoms with Gasteiger partial charge in [-0.3, -0.25) is 0 Å². The van der Waals surface area contributed by atoms with E-state index in [9.17, 15) is 0 Å². The number of fused-ring (bicyclic) bond motifs is 2. The van der Waals surface area contributed by atoms with E-state index in [1.165, 1.54) is 71.0 Å². The molecular weight excluding hydrogens is 220 g/mol. The maximum absolute atomic E-state index is 4.02. The Morgan fingerprint density at radius 3 is 2.44 bits per heavy atom. The van der Waals surface area contributed by atoms with Crippen molar-refractivity contribution in [2.45, 2.75) is 70.4 Å². The van der Waals surface area contributed by atoms with E-state index in [4.69, 9.17) is 0 Å². The third kappa shape index (κ3) is 2.91. The summed E-state index contributed by atoms with van der Waals surface area (Å²) in [5.74, 6) is 1.90. The largest absolute Gasteiger partial charge is 0.311 e. The first kappa shape index (κ1) is 12.9. The average molecular weight is 250 g/mol. The number of hydrogen-bond acceptors (Lipinski definition) is 2. The monoisotopic (exact) mass is 250 g/mol. The fourth-order valence-electron chi connectivity index (χ4n) is 4.46. The van der Waals surface area contributed by atoms with Gasteiger partial charge in [-0.2, -0.15) is 0 Å². The van der Waals surface area contributed by atoms with E-state index in [0.29, 0.717) is 0 Å². The molecule has 104 valence electrons. The van der Waals surface area contributed by atoms with E-state index < -0.39 is 0 Å². The summed E-state index contributed by atoms with van der Waals surface area (Å²) in [6.07, 6.45) is 11.7. The van der Waals surface area contributed by atoms with E-state index in [2.05, 4.69) is 17.1 Å². The van der Waals surface area contributed by atoms with Gasteiger partial charge in [-0.05, 0) is 57.5 Å². The fourth-order valence-corrected chi connectivity index (χ4v) is 4.46. The molecule has 2 bridgehead atoms. The molecular formula is C16H30N2. The minimum atomic E-state index is 0.750. The van der Waals surface area contributed by atoms with Gasteiger partial charge >= 0.3 is 0 Å². The van der Waals surface area contributed by atoms with Gasteiger partial charge in [-0.25, -0.2) is 0 Å². The van der Waals surface area contributed by atoms with Crippen LogP contribution in [0.4, 0.5) is 0 Å². The van der Waals surface area contributed by atoms with Crippen molar-refractivity contribution in [2.24, 2.45) is 11.8 Å². The molecule has 1 N–H and O–H groups in total. The van der Waals surface area contributed by atoms with Crippen LogP contribution in [0.3, 0.4) is 0 Å². The summed E-state index contributed by atoms with van der Waals surface area (Å²) in [7, 11) is 0. The lowest BCUT2D eigenvalue weighted by molar-refractivity contribution is 0.193. The van der Waals surface area contributed by atoms with Crippen LogP contribution in [-0.4, -0.2) is 36.6 Å². The van der Waals surface area contributed by atoms with Crippen LogP contribution in [0.1, 0.15) is 58.3 Å². The van der Waals surface area contributed by atoms with Gasteiger partial charge in [0.25, 0.3) is 0 Å². The van der Waals surface area contributed by atoms with Gasteiger partial charge in [-0.1, -0.05) is 25.7 Å². The molecule has 3 rings (SSSR count). The van der Waals surface area contributed by atoms with Crippen molar-refractivity contribution in [3.8, 4) is 0 Å². The first-order valence-electron chi connectivity index (χ1n) is 8.31. The molecule has 2 heterocycles. The second-order valence-corrected chi connectivity index (χ2v) is 6.95. The summed E-state index contributed by atoms with van der Waals surface area (Å²) in [5, 5.41) is 4.02. The van der Waals surface area contributed by atoms with Crippen LogP contribution in [0.5, 0.6) is 0 Å². The van der Waals surface area contributed by atoms with Gasteiger partial charge in [0, 0.05) is 18.6 Å². The van der Waals surface area contributed by atoms with Crippen LogP contribution in [-0.2, 0) is 0 Å². The number of piperidine rings is 1. The van der Waals surface area contributed by atoms with Crippen LogP contribution < -0.4 is 5.32 Å². The molecule has 1 saturated carbocycles. The fraction of sp³-hybridized carbons (Fsp3) is 1.00. The second-order valence-electron chi connectivity index (χ2n) is 6.95. The van der Waals surface area contributed by atoms with Crippen molar-refractivity contribution >= 4 is 0 Å². The Kier molecular flexibility index (Phi) is 4.25. The Bertz CT molecular complexity index is 258. The highest BCUT2D eigenvalue weighted by molar-refractivity contribution is 4.92. The summed E-state index contributed by atoms with van der Waals surface area (Å²) < 4.78 is 0. The van der Waals surface area contributed by atoms with E-state index >= 15 is 0 Å². The van der Waals surface area contributed by atoms with Crippen molar-refractivity contribution < 1.29 is 0 Å². The molecule has 0 spiro atoms. The molecule has 0 radical (unpaired) electrons. The highest BCUT2D eigenvalue weighted by atomic mass is 15.2. The number of nitrogens with zero attached hydrogens (tertiary/aromatic N) is 1. The van der Waals surface area contributed by atoms with Gasteiger partial charge in [0.05, 0.1) is 0 Å². The van der Waals surface area contributed by atoms with Crippen LogP contribution in [0, 0.1) is 11.8 Å². The predicted molar refractivity (Wildman–Crippen MR) is 76.7 cm³/mol. The molecule has 4 atom stereocenters. The molecule has 0 aromatic carbocycles. The molecule has 2 aliphatic heterocycles. The smallest absolute Gasteiger partial charge is 0.0123 e. The Morgan fingerprint density at radius 1 is 0.944 bits per heavy atom. The molecule has 2 nitrogen and oxygen atoms in total. The summed E-state index contributed by atoms with van der Waals surface area (Å²) in [6.45, 7) is 6.53. The Morgan fingerprint density at radius 2 is 1.67 bits per heavy atom. The Hall–Kier alpha value is -0.0800. The third-order valence-corrected chi connectivity index (χ3v) is 5.72. The zero-order valence-corrected chi connectivity index (χ0v) is 12.0. The minimum Gasteiger partial charge on any atom is -0.311 e. The topological polar surface area (TPSA) is 15.3 Å². The molecule has 3 fully saturated rings. The number of nitrogens with one attached hydrogen (secondary N) is 1. The van der Waals surface area contributed by atoms with Crippen molar-refractivity contribution in [3.63, 3.8) is 0 Å². The first-order chi connectivity index (χ1) is 8.83. The lowest BCUT2D eigenvalue weighted by Crippen LogP contribution is -2.49. The zero-order valence-electron chi connectivity index (χ0n) is 12.0. The maximum atomic E-state index is 4.02. The van der Waals surface area contributed by atoms with Crippen molar-refractivity contribution in [1.82, 2.24) is 10.2 Å². The average Bonchev–Trinajstić information content (AvgIpc) is 2.60. The van der Waals surface area contributed by atoms with Crippen molar-refractivity contribution in [3.05, 3.63) is 0 Å². The second kappa shape index (κ2) is 5.92. The SMILES string of the molecule is C[C@@H](NC1CCN2CCC1C2)C1CCCCCC1. The van der Waals surface area contributed by atoms with Crippen LogP contribution in [0.2, 0.25) is 0 Å². The summed E-state index contributed by atoms with van der Waals surface area (Å²) >= 11 is 0. The molecule has 0 aromatic rings. The van der Waals surface area contributed by atoms with Gasteiger partial charge in [0.1, 0.15) is 0 Å². The predicted octanol–water partition coefficient (Wildman–Crippen LogP) is 3.03. The lowest BCUT2D eigenvalue weighted by Gasteiger charge is -2.35. The molecule has 2 heteroatoms. The molecule has 18 heavy (non-hydrogen) atoms. The van der Waals surface area contributed by atoms with Crippen LogP contribution >= 0.6 is 0 Å². The highest BCUT2D eigenvalue weighted by Crippen LogP contribution is 2.30. The summed E-state index contributed by atoms with van der Waals surface area (Å²) in [5.41, 5.74) is 0. The number of rotatable bonds is 3. The van der Waals surface area contributed by atoms with E-state index in [1.807, 2.05) is 0 Å². The van der Waals surface area contributed by atoms with Gasteiger partial charge in [-0.15, -0.1) is 0 Å². The number of hydrogen-bond donors (Lipinski definition) is 1. The molecule has 1 aliphatic carbocycles. The minimum absolute atomic E-state index is 0.750. The van der Waals surface area contributed by atoms with E-state index in [0.717, 1.165) is 23.9 Å². The van der Waals surface area contributed by atoms with Crippen LogP contribution in [0.15, 0.2) is 0 Å².